The average molecular weight is 331 g/mol. The normalized spacial score (nSPS) is 14.1. The van der Waals surface area contributed by atoms with Crippen molar-refractivity contribution in [3.05, 3.63) is 28.8 Å². The number of alkyl halides is 1. The molecule has 0 N–H and O–H groups in total. The third-order valence-electron chi connectivity index (χ3n) is 4.30. The molecule has 0 aliphatic carbocycles. The van der Waals surface area contributed by atoms with Gasteiger partial charge in [-0.25, -0.2) is 9.37 Å². The lowest BCUT2D eigenvalue weighted by atomic mass is 9.81. The van der Waals surface area contributed by atoms with Gasteiger partial charge in [0.15, 0.2) is 0 Å². The molecule has 21 heavy (non-hydrogen) atoms. The van der Waals surface area contributed by atoms with Crippen LogP contribution in [0.25, 0.3) is 11.0 Å². The molecule has 0 radical (unpaired) electrons. The summed E-state index contributed by atoms with van der Waals surface area (Å²) in [5.74, 6) is 0.800. The molecule has 0 amide bonds. The quantitative estimate of drug-likeness (QED) is 0.646. The van der Waals surface area contributed by atoms with Crippen molar-refractivity contribution in [1.82, 2.24) is 9.55 Å². The Labute approximate surface area is 135 Å². The zero-order valence-electron chi connectivity index (χ0n) is 13.0. The van der Waals surface area contributed by atoms with Gasteiger partial charge in [0.1, 0.15) is 11.6 Å². The molecule has 0 aliphatic rings. The van der Waals surface area contributed by atoms with Gasteiger partial charge in [0.25, 0.3) is 0 Å². The number of benzene rings is 1. The second-order valence-electron chi connectivity index (χ2n) is 6.57. The summed E-state index contributed by atoms with van der Waals surface area (Å²) in [6.45, 7) is 11.4. The standard InChI is InChI=1S/C16H21Cl2FN2/c1-9(2)16(4,5)8-21-14-7-12(19)11(18)6-13(14)20-15(21)10(3)17/h6-7,9-10H,8H2,1-5H3. The van der Waals surface area contributed by atoms with Crippen LogP contribution in [-0.2, 0) is 6.54 Å². The number of imidazole rings is 1. The fraction of sp³-hybridized carbons (Fsp3) is 0.562. The van der Waals surface area contributed by atoms with Gasteiger partial charge in [-0.05, 0) is 24.3 Å². The molecule has 1 aromatic carbocycles. The van der Waals surface area contributed by atoms with Gasteiger partial charge in [0.05, 0.1) is 21.4 Å². The number of rotatable bonds is 4. The molecule has 1 aromatic heterocycles. The predicted molar refractivity (Wildman–Crippen MR) is 87.6 cm³/mol. The first-order valence-electron chi connectivity index (χ1n) is 7.12. The Balaban J connectivity index is 2.64. The largest absolute Gasteiger partial charge is 0.326 e. The summed E-state index contributed by atoms with van der Waals surface area (Å²) in [6, 6.07) is 3.01. The summed E-state index contributed by atoms with van der Waals surface area (Å²) in [5, 5.41) is -0.161. The van der Waals surface area contributed by atoms with E-state index in [1.807, 2.05) is 11.5 Å². The lowest BCUT2D eigenvalue weighted by Crippen LogP contribution is -2.26. The molecule has 0 fully saturated rings. The minimum atomic E-state index is -0.429. The van der Waals surface area contributed by atoms with Crippen LogP contribution < -0.4 is 0 Å². The SMILES string of the molecule is CC(Cl)c1nc2cc(Cl)c(F)cc2n1CC(C)(C)C(C)C. The van der Waals surface area contributed by atoms with Gasteiger partial charge in [-0.15, -0.1) is 11.6 Å². The first-order valence-corrected chi connectivity index (χ1v) is 7.94. The Bertz CT molecular complexity index is 660. The van der Waals surface area contributed by atoms with Gasteiger partial charge in [-0.1, -0.05) is 39.3 Å². The van der Waals surface area contributed by atoms with E-state index in [0.29, 0.717) is 11.4 Å². The number of nitrogens with zero attached hydrogens (tertiary/aromatic N) is 2. The smallest absolute Gasteiger partial charge is 0.144 e. The fourth-order valence-electron chi connectivity index (χ4n) is 2.20. The Kier molecular flexibility index (Phi) is 4.55. The number of aromatic nitrogens is 2. The van der Waals surface area contributed by atoms with Crippen molar-refractivity contribution in [2.24, 2.45) is 11.3 Å². The molecule has 2 nitrogen and oxygen atoms in total. The summed E-state index contributed by atoms with van der Waals surface area (Å²) < 4.78 is 15.8. The molecule has 0 spiro atoms. The Morgan fingerprint density at radius 2 is 1.90 bits per heavy atom. The van der Waals surface area contributed by atoms with Gasteiger partial charge < -0.3 is 4.57 Å². The summed E-state index contributed by atoms with van der Waals surface area (Å²) in [4.78, 5) is 4.54. The van der Waals surface area contributed by atoms with E-state index in [1.165, 1.54) is 6.07 Å². The van der Waals surface area contributed by atoms with E-state index in [2.05, 4.69) is 32.7 Å². The van der Waals surface area contributed by atoms with Gasteiger partial charge in [0, 0.05) is 12.6 Å². The van der Waals surface area contributed by atoms with Crippen LogP contribution in [0.1, 0.15) is 45.8 Å². The maximum Gasteiger partial charge on any atom is 0.144 e. The van der Waals surface area contributed by atoms with Crippen LogP contribution >= 0.6 is 23.2 Å². The molecule has 0 bridgehead atoms. The molecule has 5 heteroatoms. The van der Waals surface area contributed by atoms with Crippen LogP contribution in [0.3, 0.4) is 0 Å². The third-order valence-corrected chi connectivity index (χ3v) is 4.79. The topological polar surface area (TPSA) is 17.8 Å². The van der Waals surface area contributed by atoms with E-state index < -0.39 is 5.82 Å². The van der Waals surface area contributed by atoms with E-state index in [9.17, 15) is 4.39 Å². The molecule has 0 saturated carbocycles. The van der Waals surface area contributed by atoms with Crippen molar-refractivity contribution in [2.75, 3.05) is 0 Å². The summed E-state index contributed by atoms with van der Waals surface area (Å²) in [6.07, 6.45) is 0. The van der Waals surface area contributed by atoms with Crippen LogP contribution in [0, 0.1) is 17.2 Å². The monoisotopic (exact) mass is 330 g/mol. The molecule has 0 aliphatic heterocycles. The zero-order chi connectivity index (χ0) is 15.9. The second kappa shape index (κ2) is 5.77. The van der Waals surface area contributed by atoms with Gasteiger partial charge in [-0.2, -0.15) is 0 Å². The highest BCUT2D eigenvalue weighted by Crippen LogP contribution is 2.34. The molecule has 116 valence electrons. The van der Waals surface area contributed by atoms with Gasteiger partial charge in [-0.3, -0.25) is 0 Å². The molecule has 2 aromatic rings. The van der Waals surface area contributed by atoms with Crippen molar-refractivity contribution in [3.8, 4) is 0 Å². The minimum Gasteiger partial charge on any atom is -0.326 e. The first kappa shape index (κ1) is 16.6. The summed E-state index contributed by atoms with van der Waals surface area (Å²) in [5.41, 5.74) is 1.47. The average Bonchev–Trinajstić information content (AvgIpc) is 2.68. The Morgan fingerprint density at radius 1 is 1.29 bits per heavy atom. The van der Waals surface area contributed by atoms with E-state index in [-0.39, 0.29) is 15.8 Å². The van der Waals surface area contributed by atoms with Crippen LogP contribution in [0.5, 0.6) is 0 Å². The number of halogens is 3. The second-order valence-corrected chi connectivity index (χ2v) is 7.63. The summed E-state index contributed by atoms with van der Waals surface area (Å²) >= 11 is 12.1. The highest BCUT2D eigenvalue weighted by atomic mass is 35.5. The van der Waals surface area contributed by atoms with Crippen LogP contribution in [-0.4, -0.2) is 9.55 Å². The molecule has 1 atom stereocenters. The van der Waals surface area contributed by atoms with E-state index in [0.717, 1.165) is 17.9 Å². The maximum atomic E-state index is 13.8. The fourth-order valence-corrected chi connectivity index (χ4v) is 2.52. The summed E-state index contributed by atoms with van der Waals surface area (Å²) in [7, 11) is 0. The van der Waals surface area contributed by atoms with Gasteiger partial charge >= 0.3 is 0 Å². The zero-order valence-corrected chi connectivity index (χ0v) is 14.6. The lowest BCUT2D eigenvalue weighted by molar-refractivity contribution is 0.210. The number of hydrogen-bond acceptors (Lipinski definition) is 1. The molecule has 1 unspecified atom stereocenters. The molecular weight excluding hydrogens is 310 g/mol. The molecule has 0 saturated heterocycles. The lowest BCUT2D eigenvalue weighted by Gasteiger charge is -2.31. The predicted octanol–water partition coefficient (Wildman–Crippen LogP) is 5.81. The number of hydrogen-bond donors (Lipinski definition) is 0. The van der Waals surface area contributed by atoms with Crippen LogP contribution in [0.4, 0.5) is 4.39 Å². The van der Waals surface area contributed by atoms with Crippen molar-refractivity contribution >= 4 is 34.2 Å². The maximum absolute atomic E-state index is 13.8. The van der Waals surface area contributed by atoms with Crippen molar-refractivity contribution in [2.45, 2.75) is 46.5 Å². The third kappa shape index (κ3) is 3.19. The minimum absolute atomic E-state index is 0.0459. The van der Waals surface area contributed by atoms with Crippen LogP contribution in [0.2, 0.25) is 5.02 Å². The van der Waals surface area contributed by atoms with Crippen molar-refractivity contribution in [1.29, 1.82) is 0 Å². The van der Waals surface area contributed by atoms with Crippen molar-refractivity contribution in [3.63, 3.8) is 0 Å². The Hall–Kier alpha value is -0.800. The molecule has 2 rings (SSSR count). The number of fused-ring (bicyclic) bond motifs is 1. The highest BCUT2D eigenvalue weighted by molar-refractivity contribution is 6.31. The molecule has 1 heterocycles. The van der Waals surface area contributed by atoms with E-state index in [1.54, 1.807) is 6.07 Å². The highest BCUT2D eigenvalue weighted by Gasteiger charge is 2.26. The molecular formula is C16H21Cl2FN2. The van der Waals surface area contributed by atoms with Gasteiger partial charge in [0.2, 0.25) is 0 Å². The Morgan fingerprint density at radius 3 is 2.43 bits per heavy atom. The van der Waals surface area contributed by atoms with Crippen molar-refractivity contribution < 1.29 is 4.39 Å². The van der Waals surface area contributed by atoms with Crippen LogP contribution in [0.15, 0.2) is 12.1 Å². The first-order chi connectivity index (χ1) is 9.63. The van der Waals surface area contributed by atoms with E-state index in [4.69, 9.17) is 23.2 Å². The van der Waals surface area contributed by atoms with E-state index >= 15 is 0 Å².